The maximum atomic E-state index is 13.3. The summed E-state index contributed by atoms with van der Waals surface area (Å²) in [7, 11) is 0. The number of hydrogen-bond donors (Lipinski definition) is 0. The number of hydrogen-bond acceptors (Lipinski definition) is 2. The number of fused-ring (bicyclic) bond motifs is 1. The fraction of sp³-hybridized carbons (Fsp3) is 0.562. The minimum absolute atomic E-state index is 0.235. The molecular formula is C16H21ClFN3. The molecule has 1 aliphatic rings. The highest BCUT2D eigenvalue weighted by molar-refractivity contribution is 6.17. The van der Waals surface area contributed by atoms with Crippen molar-refractivity contribution < 1.29 is 4.39 Å². The molecule has 114 valence electrons. The Morgan fingerprint density at radius 2 is 2.00 bits per heavy atom. The number of imidazole rings is 1. The number of benzene rings is 1. The molecule has 0 saturated carbocycles. The van der Waals surface area contributed by atoms with Gasteiger partial charge in [0.25, 0.3) is 0 Å². The van der Waals surface area contributed by atoms with Crippen molar-refractivity contribution >= 4 is 22.6 Å². The van der Waals surface area contributed by atoms with Crippen LogP contribution in [0, 0.1) is 5.82 Å². The van der Waals surface area contributed by atoms with Crippen molar-refractivity contribution in [3.05, 3.63) is 29.8 Å². The van der Waals surface area contributed by atoms with Crippen LogP contribution in [0.2, 0.25) is 0 Å². The normalized spacial score (nSPS) is 16.1. The Morgan fingerprint density at radius 1 is 1.19 bits per heavy atom. The maximum absolute atomic E-state index is 13.3. The summed E-state index contributed by atoms with van der Waals surface area (Å²) in [6.07, 6.45) is 4.47. The van der Waals surface area contributed by atoms with Crippen molar-refractivity contribution in [3.8, 4) is 0 Å². The van der Waals surface area contributed by atoms with Gasteiger partial charge in [-0.25, -0.2) is 9.37 Å². The average molecular weight is 310 g/mol. The lowest BCUT2D eigenvalue weighted by atomic mass is 10.3. The van der Waals surface area contributed by atoms with E-state index in [9.17, 15) is 4.39 Å². The van der Waals surface area contributed by atoms with E-state index in [4.69, 9.17) is 11.6 Å². The quantitative estimate of drug-likeness (QED) is 0.762. The largest absolute Gasteiger partial charge is 0.328 e. The molecule has 0 N–H and O–H groups in total. The summed E-state index contributed by atoms with van der Waals surface area (Å²) in [5.41, 5.74) is 1.74. The molecule has 1 aliphatic heterocycles. The molecule has 0 unspecified atom stereocenters. The Labute approximate surface area is 129 Å². The third-order valence-corrected chi connectivity index (χ3v) is 4.35. The molecule has 1 aromatic carbocycles. The fourth-order valence-corrected chi connectivity index (χ4v) is 3.31. The zero-order valence-corrected chi connectivity index (χ0v) is 12.9. The van der Waals surface area contributed by atoms with Gasteiger partial charge in [-0.2, -0.15) is 0 Å². The molecule has 3 rings (SSSR count). The van der Waals surface area contributed by atoms with Crippen LogP contribution in [0.1, 0.15) is 25.1 Å². The number of aromatic nitrogens is 2. The molecule has 21 heavy (non-hydrogen) atoms. The number of nitrogens with zero attached hydrogens (tertiary/aromatic N) is 3. The molecule has 0 spiro atoms. The average Bonchev–Trinajstić information content (AvgIpc) is 3.08. The van der Waals surface area contributed by atoms with E-state index in [0.717, 1.165) is 42.8 Å². The molecule has 1 aromatic heterocycles. The topological polar surface area (TPSA) is 21.1 Å². The third kappa shape index (κ3) is 3.38. The SMILES string of the molecule is Fc1ccc2c(c1)nc(CCCl)n2CCCN1CCCC1. The van der Waals surface area contributed by atoms with Crippen molar-refractivity contribution in [2.24, 2.45) is 0 Å². The molecule has 1 fully saturated rings. The highest BCUT2D eigenvalue weighted by atomic mass is 35.5. The van der Waals surface area contributed by atoms with Gasteiger partial charge in [0.2, 0.25) is 0 Å². The van der Waals surface area contributed by atoms with Crippen LogP contribution < -0.4 is 0 Å². The Kier molecular flexibility index (Phi) is 4.76. The molecule has 1 saturated heterocycles. The first-order valence-electron chi connectivity index (χ1n) is 7.71. The first-order valence-corrected chi connectivity index (χ1v) is 8.24. The monoisotopic (exact) mass is 309 g/mol. The van der Waals surface area contributed by atoms with Gasteiger partial charge in [-0.05, 0) is 51.0 Å². The van der Waals surface area contributed by atoms with Crippen LogP contribution >= 0.6 is 11.6 Å². The third-order valence-electron chi connectivity index (χ3n) is 4.16. The van der Waals surface area contributed by atoms with Gasteiger partial charge in [0.1, 0.15) is 11.6 Å². The summed E-state index contributed by atoms with van der Waals surface area (Å²) in [6, 6.07) is 4.83. The molecule has 2 heterocycles. The molecule has 0 aliphatic carbocycles. The van der Waals surface area contributed by atoms with Gasteiger partial charge >= 0.3 is 0 Å². The standard InChI is InChI=1S/C16H21ClFN3/c17-7-6-16-19-14-12-13(18)4-5-15(14)21(16)11-3-10-20-8-1-2-9-20/h4-5,12H,1-3,6-11H2. The molecule has 5 heteroatoms. The van der Waals surface area contributed by atoms with E-state index in [0.29, 0.717) is 5.88 Å². The van der Waals surface area contributed by atoms with Crippen LogP contribution in [0.4, 0.5) is 4.39 Å². The molecular weight excluding hydrogens is 289 g/mol. The Bertz CT molecular complexity index is 605. The number of aryl methyl sites for hydroxylation is 2. The van der Waals surface area contributed by atoms with Gasteiger partial charge in [-0.1, -0.05) is 0 Å². The minimum Gasteiger partial charge on any atom is -0.328 e. The van der Waals surface area contributed by atoms with Crippen molar-refractivity contribution in [2.75, 3.05) is 25.5 Å². The molecule has 2 aromatic rings. The lowest BCUT2D eigenvalue weighted by Crippen LogP contribution is -2.21. The molecule has 0 bridgehead atoms. The number of halogens is 2. The molecule has 0 amide bonds. The first kappa shape index (κ1) is 14.8. The van der Waals surface area contributed by atoms with Crippen LogP contribution in [0.5, 0.6) is 0 Å². The summed E-state index contributed by atoms with van der Waals surface area (Å²) in [6.45, 7) is 4.50. The van der Waals surface area contributed by atoms with Gasteiger partial charge in [-0.3, -0.25) is 0 Å². The van der Waals surface area contributed by atoms with Crippen molar-refractivity contribution in [3.63, 3.8) is 0 Å². The van der Waals surface area contributed by atoms with E-state index in [1.807, 2.05) is 6.07 Å². The predicted molar refractivity (Wildman–Crippen MR) is 84.4 cm³/mol. The maximum Gasteiger partial charge on any atom is 0.125 e. The summed E-state index contributed by atoms with van der Waals surface area (Å²) >= 11 is 5.87. The van der Waals surface area contributed by atoms with Gasteiger partial charge in [0.05, 0.1) is 11.0 Å². The van der Waals surface area contributed by atoms with Crippen LogP contribution in [0.15, 0.2) is 18.2 Å². The zero-order chi connectivity index (χ0) is 14.7. The van der Waals surface area contributed by atoms with Gasteiger partial charge < -0.3 is 9.47 Å². The summed E-state index contributed by atoms with van der Waals surface area (Å²) in [5, 5.41) is 0. The van der Waals surface area contributed by atoms with Crippen LogP contribution in [0.3, 0.4) is 0 Å². The van der Waals surface area contributed by atoms with Crippen molar-refractivity contribution in [2.45, 2.75) is 32.2 Å². The Morgan fingerprint density at radius 3 is 2.76 bits per heavy atom. The van der Waals surface area contributed by atoms with Gasteiger partial charge in [-0.15, -0.1) is 11.6 Å². The van der Waals surface area contributed by atoms with E-state index < -0.39 is 0 Å². The number of alkyl halides is 1. The highest BCUT2D eigenvalue weighted by Crippen LogP contribution is 2.19. The first-order chi connectivity index (χ1) is 10.3. The summed E-state index contributed by atoms with van der Waals surface area (Å²) in [5.74, 6) is 1.27. The Balaban J connectivity index is 1.76. The van der Waals surface area contributed by atoms with E-state index in [1.165, 1.54) is 38.1 Å². The van der Waals surface area contributed by atoms with E-state index in [1.54, 1.807) is 0 Å². The van der Waals surface area contributed by atoms with E-state index in [2.05, 4.69) is 14.5 Å². The second kappa shape index (κ2) is 6.75. The smallest absolute Gasteiger partial charge is 0.125 e. The number of rotatable bonds is 6. The van der Waals surface area contributed by atoms with Crippen LogP contribution in [0.25, 0.3) is 11.0 Å². The lowest BCUT2D eigenvalue weighted by molar-refractivity contribution is 0.325. The highest BCUT2D eigenvalue weighted by Gasteiger charge is 2.13. The molecule has 0 atom stereocenters. The minimum atomic E-state index is -0.235. The van der Waals surface area contributed by atoms with Crippen LogP contribution in [-0.4, -0.2) is 40.0 Å². The van der Waals surface area contributed by atoms with E-state index in [-0.39, 0.29) is 5.82 Å². The predicted octanol–water partition coefficient (Wildman–Crippen LogP) is 3.44. The molecule has 0 radical (unpaired) electrons. The number of likely N-dealkylation sites (tertiary alicyclic amines) is 1. The van der Waals surface area contributed by atoms with Crippen LogP contribution in [-0.2, 0) is 13.0 Å². The second-order valence-electron chi connectivity index (χ2n) is 5.65. The van der Waals surface area contributed by atoms with Gasteiger partial charge in [0, 0.05) is 24.9 Å². The summed E-state index contributed by atoms with van der Waals surface area (Å²) in [4.78, 5) is 7.05. The fourth-order valence-electron chi connectivity index (χ4n) is 3.14. The van der Waals surface area contributed by atoms with Crippen molar-refractivity contribution in [1.82, 2.24) is 14.5 Å². The Hall–Kier alpha value is -1.13. The second-order valence-corrected chi connectivity index (χ2v) is 6.03. The zero-order valence-electron chi connectivity index (χ0n) is 12.2. The van der Waals surface area contributed by atoms with Crippen molar-refractivity contribution in [1.29, 1.82) is 0 Å². The lowest BCUT2D eigenvalue weighted by Gasteiger charge is -2.15. The van der Waals surface area contributed by atoms with Gasteiger partial charge in [0.15, 0.2) is 0 Å². The summed E-state index contributed by atoms with van der Waals surface area (Å²) < 4.78 is 15.5. The molecule has 3 nitrogen and oxygen atoms in total. The van der Waals surface area contributed by atoms with E-state index >= 15 is 0 Å².